The summed E-state index contributed by atoms with van der Waals surface area (Å²) in [5, 5.41) is 0. The minimum atomic E-state index is -0.928. The second-order valence-electron chi connectivity index (χ2n) is 3.60. The van der Waals surface area contributed by atoms with Crippen molar-refractivity contribution < 1.29 is 14.3 Å². The number of hydrogen-bond acceptors (Lipinski definition) is 3. The van der Waals surface area contributed by atoms with E-state index < -0.39 is 6.09 Å². The fourth-order valence-electron chi connectivity index (χ4n) is 1.30. The van der Waals surface area contributed by atoms with Crippen molar-refractivity contribution in [2.75, 3.05) is 14.1 Å². The van der Waals surface area contributed by atoms with Crippen molar-refractivity contribution in [3.8, 4) is 5.75 Å². The number of likely N-dealkylation sites (N-methyl/N-ethyl adjacent to an activating group) is 1. The zero-order valence-electron chi connectivity index (χ0n) is 9.77. The summed E-state index contributed by atoms with van der Waals surface area (Å²) >= 11 is 0. The van der Waals surface area contributed by atoms with Crippen LogP contribution in [0.15, 0.2) is 30.8 Å². The Morgan fingerprint density at radius 3 is 2.41 bits per heavy atom. The Labute approximate surface area is 99.5 Å². The molecule has 0 aliphatic rings. The fourth-order valence-corrected chi connectivity index (χ4v) is 1.30. The van der Waals surface area contributed by atoms with Crippen LogP contribution in [-0.2, 0) is 4.79 Å². The molecule has 2 N–H and O–H groups in total. The molecule has 90 valence electrons. The van der Waals surface area contributed by atoms with Crippen LogP contribution in [0.4, 0.5) is 4.79 Å². The molecule has 0 aliphatic carbocycles. The third-order valence-corrected chi connectivity index (χ3v) is 2.09. The number of ether oxygens (including phenoxy) is 1. The lowest BCUT2D eigenvalue weighted by molar-refractivity contribution is -0.122. The smallest absolute Gasteiger partial charge is 0.409 e. The van der Waals surface area contributed by atoms with Crippen molar-refractivity contribution >= 4 is 17.6 Å². The van der Waals surface area contributed by atoms with Crippen LogP contribution in [0.25, 0.3) is 5.57 Å². The number of carbonyl (C=O) groups excluding carboxylic acids is 2. The van der Waals surface area contributed by atoms with E-state index in [2.05, 4.69) is 6.58 Å². The number of benzene rings is 1. The minimum Gasteiger partial charge on any atom is -0.410 e. The van der Waals surface area contributed by atoms with E-state index in [0.29, 0.717) is 5.56 Å². The van der Waals surface area contributed by atoms with Crippen molar-refractivity contribution in [2.24, 2.45) is 5.73 Å². The molecule has 5 nitrogen and oxygen atoms in total. The Morgan fingerprint density at radius 2 is 1.88 bits per heavy atom. The molecule has 0 aromatic heterocycles. The maximum Gasteiger partial charge on any atom is 0.409 e. The highest BCUT2D eigenvalue weighted by Gasteiger charge is 2.16. The van der Waals surface area contributed by atoms with E-state index in [0.717, 1.165) is 0 Å². The minimum absolute atomic E-state index is 0.222. The first-order chi connectivity index (χ1) is 7.93. The lowest BCUT2D eigenvalue weighted by atomic mass is 10.1. The maximum atomic E-state index is 11.7. The van der Waals surface area contributed by atoms with E-state index in [4.69, 9.17) is 10.5 Å². The Bertz CT molecular complexity index is 467. The molecular formula is C12H14N2O3. The van der Waals surface area contributed by atoms with Crippen LogP contribution in [0.3, 0.4) is 0 Å². The summed E-state index contributed by atoms with van der Waals surface area (Å²) in [7, 11) is 3.23. The highest BCUT2D eigenvalue weighted by Crippen LogP contribution is 2.25. The van der Waals surface area contributed by atoms with Crippen molar-refractivity contribution in [1.29, 1.82) is 0 Å². The standard InChI is InChI=1S/C12H14N2O3/c1-8(11(15)14(2)3)9-6-4-5-7-10(9)17-12(13)16/h4-7H,1H2,2-3H3,(H2,13,16). The van der Waals surface area contributed by atoms with E-state index in [1.807, 2.05) is 0 Å². The molecule has 0 fully saturated rings. The molecule has 0 saturated heterocycles. The number of para-hydroxylation sites is 1. The van der Waals surface area contributed by atoms with Gasteiger partial charge in [-0.2, -0.15) is 0 Å². The van der Waals surface area contributed by atoms with Gasteiger partial charge in [-0.15, -0.1) is 0 Å². The summed E-state index contributed by atoms with van der Waals surface area (Å²) in [6.07, 6.45) is -0.928. The van der Waals surface area contributed by atoms with Gasteiger partial charge in [-0.05, 0) is 6.07 Å². The highest BCUT2D eigenvalue weighted by molar-refractivity contribution is 6.19. The first kappa shape index (κ1) is 12.8. The molecule has 0 radical (unpaired) electrons. The van der Waals surface area contributed by atoms with Crippen LogP contribution in [0.5, 0.6) is 5.75 Å². The molecule has 0 aliphatic heterocycles. The van der Waals surface area contributed by atoms with Crippen LogP contribution in [0.2, 0.25) is 0 Å². The first-order valence-corrected chi connectivity index (χ1v) is 4.90. The molecule has 2 amide bonds. The number of primary amides is 1. The van der Waals surface area contributed by atoms with Gasteiger partial charge in [0.15, 0.2) is 0 Å². The van der Waals surface area contributed by atoms with E-state index >= 15 is 0 Å². The van der Waals surface area contributed by atoms with Crippen molar-refractivity contribution in [3.63, 3.8) is 0 Å². The summed E-state index contributed by atoms with van der Waals surface area (Å²) < 4.78 is 4.80. The number of rotatable bonds is 3. The molecular weight excluding hydrogens is 220 g/mol. The Morgan fingerprint density at radius 1 is 1.29 bits per heavy atom. The molecule has 0 bridgehead atoms. The van der Waals surface area contributed by atoms with Crippen LogP contribution < -0.4 is 10.5 Å². The van der Waals surface area contributed by atoms with Gasteiger partial charge in [0.2, 0.25) is 0 Å². The number of amides is 2. The number of nitrogens with zero attached hydrogens (tertiary/aromatic N) is 1. The van der Waals surface area contributed by atoms with Gasteiger partial charge in [0.1, 0.15) is 5.75 Å². The van der Waals surface area contributed by atoms with Gasteiger partial charge in [-0.25, -0.2) is 4.79 Å². The summed E-state index contributed by atoms with van der Waals surface area (Å²) in [4.78, 5) is 23.9. The van der Waals surface area contributed by atoms with Crippen LogP contribution in [0, 0.1) is 0 Å². The van der Waals surface area contributed by atoms with Gasteiger partial charge in [-0.3, -0.25) is 4.79 Å². The molecule has 5 heteroatoms. The number of carbonyl (C=O) groups is 2. The van der Waals surface area contributed by atoms with Crippen molar-refractivity contribution in [3.05, 3.63) is 36.4 Å². The third-order valence-electron chi connectivity index (χ3n) is 2.09. The predicted octanol–water partition coefficient (Wildman–Crippen LogP) is 1.25. The largest absolute Gasteiger partial charge is 0.410 e. The molecule has 1 aromatic rings. The number of hydrogen-bond donors (Lipinski definition) is 1. The van der Waals surface area contributed by atoms with Gasteiger partial charge in [0, 0.05) is 25.2 Å². The van der Waals surface area contributed by atoms with Gasteiger partial charge in [0.05, 0.1) is 0 Å². The average Bonchev–Trinajstić information content (AvgIpc) is 2.27. The van der Waals surface area contributed by atoms with Gasteiger partial charge >= 0.3 is 6.09 Å². The van der Waals surface area contributed by atoms with Crippen LogP contribution >= 0.6 is 0 Å². The van der Waals surface area contributed by atoms with Crippen molar-refractivity contribution in [1.82, 2.24) is 4.90 Å². The van der Waals surface area contributed by atoms with Crippen LogP contribution in [-0.4, -0.2) is 31.0 Å². The SMILES string of the molecule is C=C(C(=O)N(C)C)c1ccccc1OC(N)=O. The van der Waals surface area contributed by atoms with E-state index in [9.17, 15) is 9.59 Å². The normalized spacial score (nSPS) is 9.53. The monoisotopic (exact) mass is 234 g/mol. The Hall–Kier alpha value is -2.30. The maximum absolute atomic E-state index is 11.7. The lowest BCUT2D eigenvalue weighted by Crippen LogP contribution is -2.23. The summed E-state index contributed by atoms with van der Waals surface area (Å²) in [6, 6.07) is 6.59. The van der Waals surface area contributed by atoms with E-state index in [-0.39, 0.29) is 17.2 Å². The molecule has 0 atom stereocenters. The number of nitrogens with two attached hydrogens (primary N) is 1. The second kappa shape index (κ2) is 5.16. The zero-order valence-corrected chi connectivity index (χ0v) is 9.77. The highest BCUT2D eigenvalue weighted by atomic mass is 16.5. The summed E-state index contributed by atoms with van der Waals surface area (Å²) in [6.45, 7) is 3.69. The zero-order chi connectivity index (χ0) is 13.0. The molecule has 0 saturated carbocycles. The van der Waals surface area contributed by atoms with Crippen molar-refractivity contribution in [2.45, 2.75) is 0 Å². The van der Waals surface area contributed by atoms with Gasteiger partial charge in [-0.1, -0.05) is 24.8 Å². The molecule has 0 unspecified atom stereocenters. The second-order valence-corrected chi connectivity index (χ2v) is 3.60. The van der Waals surface area contributed by atoms with Gasteiger partial charge in [0.25, 0.3) is 5.91 Å². The average molecular weight is 234 g/mol. The Kier molecular flexibility index (Phi) is 3.87. The summed E-state index contributed by atoms with van der Waals surface area (Å²) in [5.74, 6) is -0.0364. The predicted molar refractivity (Wildman–Crippen MR) is 64.4 cm³/mol. The molecule has 1 rings (SSSR count). The van der Waals surface area contributed by atoms with Gasteiger partial charge < -0.3 is 15.4 Å². The van der Waals surface area contributed by atoms with E-state index in [1.54, 1.807) is 38.4 Å². The summed E-state index contributed by atoms with van der Waals surface area (Å²) in [5.41, 5.74) is 5.63. The Balaban J connectivity index is 3.09. The first-order valence-electron chi connectivity index (χ1n) is 4.90. The van der Waals surface area contributed by atoms with E-state index in [1.165, 1.54) is 4.90 Å². The quantitative estimate of drug-likeness (QED) is 0.800. The molecule has 1 aromatic carbocycles. The molecule has 17 heavy (non-hydrogen) atoms. The lowest BCUT2D eigenvalue weighted by Gasteiger charge is -2.14. The molecule has 0 heterocycles. The van der Waals surface area contributed by atoms with Crippen LogP contribution in [0.1, 0.15) is 5.56 Å². The topological polar surface area (TPSA) is 72.6 Å². The fraction of sp³-hybridized carbons (Fsp3) is 0.167. The third kappa shape index (κ3) is 3.07. The molecule has 0 spiro atoms.